The number of non-ortho nitro benzene ring substituents is 1. The first-order chi connectivity index (χ1) is 9.13. The van der Waals surface area contributed by atoms with E-state index in [9.17, 15) is 14.9 Å². The molecule has 0 aromatic heterocycles. The van der Waals surface area contributed by atoms with E-state index in [4.69, 9.17) is 0 Å². The van der Waals surface area contributed by atoms with Gasteiger partial charge in [0.25, 0.3) is 11.6 Å². The van der Waals surface area contributed by atoms with E-state index in [1.54, 1.807) is 17.0 Å². The van der Waals surface area contributed by atoms with Crippen molar-refractivity contribution in [2.24, 2.45) is 0 Å². The summed E-state index contributed by atoms with van der Waals surface area (Å²) in [6.07, 6.45) is 1.95. The first-order valence-electron chi connectivity index (χ1n) is 6.33. The molecule has 1 aliphatic rings. The van der Waals surface area contributed by atoms with Gasteiger partial charge in [-0.1, -0.05) is 6.07 Å². The predicted molar refractivity (Wildman–Crippen MR) is 71.1 cm³/mol. The summed E-state index contributed by atoms with van der Waals surface area (Å²) in [5.74, 6) is -0.124. The molecule has 1 saturated heterocycles. The lowest BCUT2D eigenvalue weighted by Gasteiger charge is -2.24. The van der Waals surface area contributed by atoms with Gasteiger partial charge in [-0.3, -0.25) is 14.9 Å². The Labute approximate surface area is 111 Å². The molecule has 0 radical (unpaired) electrons. The third-order valence-electron chi connectivity index (χ3n) is 3.38. The highest BCUT2D eigenvalue weighted by Crippen LogP contribution is 2.21. The van der Waals surface area contributed by atoms with E-state index >= 15 is 0 Å². The number of carbonyl (C=O) groups excluding carboxylic acids is 1. The van der Waals surface area contributed by atoms with Crippen LogP contribution < -0.4 is 5.32 Å². The van der Waals surface area contributed by atoms with E-state index in [1.165, 1.54) is 12.1 Å². The molecule has 1 heterocycles. The Balaban J connectivity index is 2.19. The first-order valence-corrected chi connectivity index (χ1v) is 6.33. The lowest BCUT2D eigenvalue weighted by molar-refractivity contribution is -0.384. The molecular weight excluding hydrogens is 246 g/mol. The van der Waals surface area contributed by atoms with Crippen molar-refractivity contribution in [2.45, 2.75) is 18.9 Å². The molecule has 1 amide bonds. The van der Waals surface area contributed by atoms with Crippen LogP contribution in [0.25, 0.3) is 0 Å². The molecule has 2 rings (SSSR count). The van der Waals surface area contributed by atoms with Crippen molar-refractivity contribution in [1.29, 1.82) is 0 Å². The predicted octanol–water partition coefficient (Wildman–Crippen LogP) is 1.42. The van der Waals surface area contributed by atoms with Crippen LogP contribution in [0.15, 0.2) is 24.3 Å². The fourth-order valence-electron chi connectivity index (χ4n) is 2.47. The van der Waals surface area contributed by atoms with Gasteiger partial charge in [-0.25, -0.2) is 0 Å². The van der Waals surface area contributed by atoms with Crippen molar-refractivity contribution in [2.75, 3.05) is 20.1 Å². The van der Waals surface area contributed by atoms with E-state index in [0.29, 0.717) is 12.1 Å². The summed E-state index contributed by atoms with van der Waals surface area (Å²) in [5.41, 5.74) is 0.340. The van der Waals surface area contributed by atoms with Crippen LogP contribution >= 0.6 is 0 Å². The maximum Gasteiger partial charge on any atom is 0.270 e. The molecule has 0 saturated carbocycles. The molecule has 6 nitrogen and oxygen atoms in total. The van der Waals surface area contributed by atoms with Gasteiger partial charge in [-0.05, 0) is 26.0 Å². The van der Waals surface area contributed by atoms with Crippen LogP contribution in [0, 0.1) is 10.1 Å². The summed E-state index contributed by atoms with van der Waals surface area (Å²) in [7, 11) is 1.86. The van der Waals surface area contributed by atoms with E-state index in [-0.39, 0.29) is 17.6 Å². The van der Waals surface area contributed by atoms with Crippen LogP contribution in [-0.4, -0.2) is 41.9 Å². The van der Waals surface area contributed by atoms with Crippen LogP contribution in [0.1, 0.15) is 23.2 Å². The van der Waals surface area contributed by atoms with Crippen LogP contribution in [0.5, 0.6) is 0 Å². The highest BCUT2D eigenvalue weighted by atomic mass is 16.6. The second-order valence-corrected chi connectivity index (χ2v) is 4.66. The minimum Gasteiger partial charge on any atom is -0.334 e. The average molecular weight is 263 g/mol. The zero-order chi connectivity index (χ0) is 13.8. The number of hydrogen-bond donors (Lipinski definition) is 1. The summed E-state index contributed by atoms with van der Waals surface area (Å²) in [4.78, 5) is 24.4. The monoisotopic (exact) mass is 263 g/mol. The molecule has 102 valence electrons. The summed E-state index contributed by atoms with van der Waals surface area (Å²) in [6.45, 7) is 1.47. The van der Waals surface area contributed by atoms with Gasteiger partial charge >= 0.3 is 0 Å². The maximum absolute atomic E-state index is 12.4. The highest BCUT2D eigenvalue weighted by molar-refractivity contribution is 5.95. The molecule has 0 spiro atoms. The molecule has 1 aromatic rings. The second kappa shape index (κ2) is 5.79. The Bertz CT molecular complexity index is 490. The topological polar surface area (TPSA) is 75.5 Å². The lowest BCUT2D eigenvalue weighted by atomic mass is 10.1. The molecule has 6 heteroatoms. The molecule has 1 aromatic carbocycles. The van der Waals surface area contributed by atoms with Crippen LogP contribution in [0.4, 0.5) is 5.69 Å². The third-order valence-corrected chi connectivity index (χ3v) is 3.38. The number of rotatable bonds is 4. The number of amides is 1. The normalized spacial score (nSPS) is 18.6. The standard InChI is InChI=1S/C13H17N3O3/c1-14-9-12-6-3-7-15(12)13(17)10-4-2-5-11(8-10)16(18)19/h2,4-5,8,12,14H,3,6-7,9H2,1H3. The molecule has 1 aliphatic heterocycles. The molecule has 0 aliphatic carbocycles. The van der Waals surface area contributed by atoms with E-state index in [0.717, 1.165) is 19.4 Å². The van der Waals surface area contributed by atoms with Crippen LogP contribution in [-0.2, 0) is 0 Å². The number of nitro groups is 1. The second-order valence-electron chi connectivity index (χ2n) is 4.66. The van der Waals surface area contributed by atoms with Gasteiger partial charge in [-0.15, -0.1) is 0 Å². The zero-order valence-corrected chi connectivity index (χ0v) is 10.8. The molecule has 1 atom stereocenters. The number of carbonyl (C=O) groups is 1. The fraction of sp³-hybridized carbons (Fsp3) is 0.462. The van der Waals surface area contributed by atoms with Crippen molar-refractivity contribution in [3.8, 4) is 0 Å². The number of nitro benzene ring substituents is 1. The number of nitrogens with one attached hydrogen (secondary N) is 1. The smallest absolute Gasteiger partial charge is 0.270 e. The number of likely N-dealkylation sites (N-methyl/N-ethyl adjacent to an activating group) is 1. The van der Waals surface area contributed by atoms with Crippen LogP contribution in [0.3, 0.4) is 0 Å². The zero-order valence-electron chi connectivity index (χ0n) is 10.8. The summed E-state index contributed by atoms with van der Waals surface area (Å²) in [5, 5.41) is 13.8. The maximum atomic E-state index is 12.4. The Morgan fingerprint density at radius 3 is 3.05 bits per heavy atom. The molecule has 0 bridgehead atoms. The summed E-state index contributed by atoms with van der Waals surface area (Å²) < 4.78 is 0. The summed E-state index contributed by atoms with van der Waals surface area (Å²) in [6, 6.07) is 6.10. The minimum atomic E-state index is -0.480. The van der Waals surface area contributed by atoms with Gasteiger partial charge in [0, 0.05) is 36.8 Å². The Morgan fingerprint density at radius 1 is 1.58 bits per heavy atom. The van der Waals surface area contributed by atoms with E-state index < -0.39 is 4.92 Å². The van der Waals surface area contributed by atoms with Crippen molar-refractivity contribution in [1.82, 2.24) is 10.2 Å². The quantitative estimate of drug-likeness (QED) is 0.658. The lowest BCUT2D eigenvalue weighted by Crippen LogP contribution is -2.40. The van der Waals surface area contributed by atoms with Crippen molar-refractivity contribution in [3.05, 3.63) is 39.9 Å². The van der Waals surface area contributed by atoms with Crippen molar-refractivity contribution < 1.29 is 9.72 Å². The third kappa shape index (κ3) is 2.90. The van der Waals surface area contributed by atoms with Crippen LogP contribution in [0.2, 0.25) is 0 Å². The van der Waals surface area contributed by atoms with Crippen molar-refractivity contribution in [3.63, 3.8) is 0 Å². The molecule has 1 fully saturated rings. The molecule has 1 unspecified atom stereocenters. The van der Waals surface area contributed by atoms with E-state index in [1.807, 2.05) is 7.05 Å². The van der Waals surface area contributed by atoms with Gasteiger partial charge in [0.15, 0.2) is 0 Å². The van der Waals surface area contributed by atoms with Gasteiger partial charge in [0.1, 0.15) is 0 Å². The molecular formula is C13H17N3O3. The van der Waals surface area contributed by atoms with Gasteiger partial charge in [-0.2, -0.15) is 0 Å². The van der Waals surface area contributed by atoms with Gasteiger partial charge in [0.05, 0.1) is 4.92 Å². The minimum absolute atomic E-state index is 0.0461. The average Bonchev–Trinajstić information content (AvgIpc) is 2.86. The number of likely N-dealkylation sites (tertiary alicyclic amines) is 1. The van der Waals surface area contributed by atoms with Gasteiger partial charge in [0.2, 0.25) is 0 Å². The Kier molecular flexibility index (Phi) is 4.11. The first kappa shape index (κ1) is 13.5. The molecule has 19 heavy (non-hydrogen) atoms. The van der Waals surface area contributed by atoms with Gasteiger partial charge < -0.3 is 10.2 Å². The largest absolute Gasteiger partial charge is 0.334 e. The number of hydrogen-bond acceptors (Lipinski definition) is 4. The SMILES string of the molecule is CNCC1CCCN1C(=O)c1cccc([N+](=O)[O-])c1. The Morgan fingerprint density at radius 2 is 2.37 bits per heavy atom. The highest BCUT2D eigenvalue weighted by Gasteiger charge is 2.29. The van der Waals surface area contributed by atoms with Crippen molar-refractivity contribution >= 4 is 11.6 Å². The fourth-order valence-corrected chi connectivity index (χ4v) is 2.47. The molecule has 1 N–H and O–H groups in total. The van der Waals surface area contributed by atoms with E-state index in [2.05, 4.69) is 5.32 Å². The number of benzene rings is 1. The number of nitrogens with zero attached hydrogens (tertiary/aromatic N) is 2. The Hall–Kier alpha value is -1.95. The summed E-state index contributed by atoms with van der Waals surface area (Å²) >= 11 is 0.